The van der Waals surface area contributed by atoms with Gasteiger partial charge in [0.1, 0.15) is 5.69 Å². The molecule has 1 aromatic rings. The summed E-state index contributed by atoms with van der Waals surface area (Å²) in [6, 6.07) is 2.95. The van der Waals surface area contributed by atoms with E-state index in [0.29, 0.717) is 25.3 Å². The molecule has 0 aliphatic carbocycles. The lowest BCUT2D eigenvalue weighted by Gasteiger charge is -2.42. The molecule has 7 heteroatoms. The minimum absolute atomic E-state index is 0.228. The van der Waals surface area contributed by atoms with Gasteiger partial charge in [-0.15, -0.1) is 0 Å². The third-order valence-corrected chi connectivity index (χ3v) is 3.97. The van der Waals surface area contributed by atoms with E-state index >= 15 is 0 Å². The molecule has 2 atom stereocenters. The molecule has 0 saturated carbocycles. The molecule has 1 fully saturated rings. The average Bonchev–Trinajstić information content (AvgIpc) is 2.46. The van der Waals surface area contributed by atoms with Crippen LogP contribution in [0.4, 0.5) is 18.9 Å². The van der Waals surface area contributed by atoms with Gasteiger partial charge in [-0.2, -0.15) is 13.2 Å². The number of rotatable bonds is 4. The van der Waals surface area contributed by atoms with E-state index in [0.717, 1.165) is 19.0 Å². The minimum Gasteiger partial charge on any atom is -0.392 e. The number of nitrogens with zero attached hydrogens (tertiary/aromatic N) is 3. The standard InChI is InChI=1S/C15H22F3N3O/c1-3-12-10-21(7-6-20(12)9-11(2)22)13-4-5-19-14(8-13)15(16,17)18/h4-5,8,11-12,22H,3,6-7,9-10H2,1-2H3. The maximum absolute atomic E-state index is 12.8. The summed E-state index contributed by atoms with van der Waals surface area (Å²) in [5.74, 6) is 0. The number of aliphatic hydroxyl groups is 1. The maximum Gasteiger partial charge on any atom is 0.433 e. The molecule has 1 saturated heterocycles. The molecule has 2 rings (SSSR count). The van der Waals surface area contributed by atoms with E-state index < -0.39 is 18.0 Å². The number of β-amino-alcohol motifs (C(OH)–C–C–N with tert-alkyl or cyclic N) is 1. The number of halogens is 3. The van der Waals surface area contributed by atoms with E-state index in [1.165, 1.54) is 6.20 Å². The summed E-state index contributed by atoms with van der Waals surface area (Å²) in [5, 5.41) is 9.54. The summed E-state index contributed by atoms with van der Waals surface area (Å²) in [5.41, 5.74) is -0.304. The minimum atomic E-state index is -4.42. The second-order valence-corrected chi connectivity index (χ2v) is 5.75. The van der Waals surface area contributed by atoms with Gasteiger partial charge in [-0.05, 0) is 25.5 Å². The summed E-state index contributed by atoms with van der Waals surface area (Å²) < 4.78 is 38.3. The van der Waals surface area contributed by atoms with Crippen molar-refractivity contribution in [1.29, 1.82) is 0 Å². The summed E-state index contributed by atoms with van der Waals surface area (Å²) in [7, 11) is 0. The van der Waals surface area contributed by atoms with Crippen molar-refractivity contribution in [2.45, 2.75) is 38.6 Å². The first kappa shape index (κ1) is 17.0. The third-order valence-electron chi connectivity index (χ3n) is 3.97. The zero-order chi connectivity index (χ0) is 16.3. The summed E-state index contributed by atoms with van der Waals surface area (Å²) in [6.45, 7) is 6.42. The lowest BCUT2D eigenvalue weighted by atomic mass is 10.1. The fourth-order valence-corrected chi connectivity index (χ4v) is 2.87. The van der Waals surface area contributed by atoms with Crippen LogP contribution in [0, 0.1) is 0 Å². The Balaban J connectivity index is 2.11. The Morgan fingerprint density at radius 1 is 1.41 bits per heavy atom. The highest BCUT2D eigenvalue weighted by molar-refractivity contribution is 5.47. The van der Waals surface area contributed by atoms with Crippen molar-refractivity contribution >= 4 is 5.69 Å². The predicted octanol–water partition coefficient (Wildman–Crippen LogP) is 2.38. The number of hydrogen-bond acceptors (Lipinski definition) is 4. The Morgan fingerprint density at radius 3 is 2.73 bits per heavy atom. The molecule has 0 bridgehead atoms. The van der Waals surface area contributed by atoms with Gasteiger partial charge in [0.25, 0.3) is 0 Å². The van der Waals surface area contributed by atoms with Crippen molar-refractivity contribution < 1.29 is 18.3 Å². The van der Waals surface area contributed by atoms with Gasteiger partial charge in [0.2, 0.25) is 0 Å². The van der Waals surface area contributed by atoms with Crippen LogP contribution < -0.4 is 4.90 Å². The molecule has 22 heavy (non-hydrogen) atoms. The molecule has 2 heterocycles. The molecule has 4 nitrogen and oxygen atoms in total. The van der Waals surface area contributed by atoms with Crippen LogP contribution in [0.15, 0.2) is 18.3 Å². The number of aliphatic hydroxyl groups excluding tert-OH is 1. The Kier molecular flexibility index (Phi) is 5.28. The van der Waals surface area contributed by atoms with Crippen molar-refractivity contribution in [3.8, 4) is 0 Å². The monoisotopic (exact) mass is 317 g/mol. The SMILES string of the molecule is CCC1CN(c2ccnc(C(F)(F)F)c2)CCN1CC(C)O. The fraction of sp³-hybridized carbons (Fsp3) is 0.667. The van der Waals surface area contributed by atoms with Gasteiger partial charge in [0.05, 0.1) is 6.10 Å². The molecule has 0 amide bonds. The highest BCUT2D eigenvalue weighted by Gasteiger charge is 2.33. The molecule has 2 unspecified atom stereocenters. The van der Waals surface area contributed by atoms with Crippen LogP contribution in [0.3, 0.4) is 0 Å². The molecule has 1 aromatic heterocycles. The van der Waals surface area contributed by atoms with Gasteiger partial charge in [-0.25, -0.2) is 0 Å². The summed E-state index contributed by atoms with van der Waals surface area (Å²) >= 11 is 0. The van der Waals surface area contributed by atoms with Crippen molar-refractivity contribution in [2.75, 3.05) is 31.1 Å². The van der Waals surface area contributed by atoms with Crippen molar-refractivity contribution in [2.24, 2.45) is 0 Å². The van der Waals surface area contributed by atoms with Gasteiger partial charge in [-0.1, -0.05) is 6.92 Å². The van der Waals surface area contributed by atoms with Crippen LogP contribution in [-0.2, 0) is 6.18 Å². The quantitative estimate of drug-likeness (QED) is 0.925. The normalized spacial score (nSPS) is 21.9. The topological polar surface area (TPSA) is 39.6 Å². The van der Waals surface area contributed by atoms with Crippen LogP contribution >= 0.6 is 0 Å². The fourth-order valence-electron chi connectivity index (χ4n) is 2.87. The van der Waals surface area contributed by atoms with Gasteiger partial charge >= 0.3 is 6.18 Å². The Morgan fingerprint density at radius 2 is 2.14 bits per heavy atom. The highest BCUT2D eigenvalue weighted by Crippen LogP contribution is 2.30. The number of alkyl halides is 3. The third kappa shape index (κ3) is 4.10. The summed E-state index contributed by atoms with van der Waals surface area (Å²) in [6.07, 6.45) is -2.73. The van der Waals surface area contributed by atoms with Crippen LogP contribution in [0.5, 0.6) is 0 Å². The predicted molar refractivity (Wildman–Crippen MR) is 78.8 cm³/mol. The molecule has 0 spiro atoms. The number of hydrogen-bond donors (Lipinski definition) is 1. The van der Waals surface area contributed by atoms with Gasteiger partial charge in [-0.3, -0.25) is 9.88 Å². The molecule has 124 valence electrons. The molecule has 0 aromatic carbocycles. The molecule has 0 radical (unpaired) electrons. The van der Waals surface area contributed by atoms with Gasteiger partial charge in [0.15, 0.2) is 0 Å². The lowest BCUT2D eigenvalue weighted by molar-refractivity contribution is -0.141. The van der Waals surface area contributed by atoms with Crippen molar-refractivity contribution in [3.63, 3.8) is 0 Å². The van der Waals surface area contributed by atoms with Crippen molar-refractivity contribution in [3.05, 3.63) is 24.0 Å². The van der Waals surface area contributed by atoms with Crippen LogP contribution in [0.25, 0.3) is 0 Å². The Bertz CT molecular complexity index is 493. The number of pyridine rings is 1. The average molecular weight is 317 g/mol. The lowest BCUT2D eigenvalue weighted by Crippen LogP contribution is -2.54. The van der Waals surface area contributed by atoms with E-state index in [2.05, 4.69) is 16.8 Å². The Hall–Kier alpha value is -1.34. The first-order chi connectivity index (χ1) is 10.3. The van der Waals surface area contributed by atoms with E-state index in [1.807, 2.05) is 4.90 Å². The highest BCUT2D eigenvalue weighted by atomic mass is 19.4. The molecule has 1 aliphatic heterocycles. The smallest absolute Gasteiger partial charge is 0.392 e. The molecular weight excluding hydrogens is 295 g/mol. The van der Waals surface area contributed by atoms with E-state index in [4.69, 9.17) is 0 Å². The zero-order valence-electron chi connectivity index (χ0n) is 12.8. The number of aromatic nitrogens is 1. The maximum atomic E-state index is 12.8. The van der Waals surface area contributed by atoms with Crippen LogP contribution in [0.2, 0.25) is 0 Å². The van der Waals surface area contributed by atoms with E-state index in [-0.39, 0.29) is 6.04 Å². The first-order valence-corrected chi connectivity index (χ1v) is 7.51. The summed E-state index contributed by atoms with van der Waals surface area (Å²) in [4.78, 5) is 7.57. The van der Waals surface area contributed by atoms with Crippen molar-refractivity contribution in [1.82, 2.24) is 9.88 Å². The van der Waals surface area contributed by atoms with E-state index in [9.17, 15) is 18.3 Å². The largest absolute Gasteiger partial charge is 0.433 e. The van der Waals surface area contributed by atoms with Gasteiger partial charge in [0, 0.05) is 44.1 Å². The molecule has 1 N–H and O–H groups in total. The Labute approximate surface area is 128 Å². The van der Waals surface area contributed by atoms with E-state index in [1.54, 1.807) is 13.0 Å². The molecular formula is C15H22F3N3O. The zero-order valence-corrected chi connectivity index (χ0v) is 12.8. The molecule has 1 aliphatic rings. The van der Waals surface area contributed by atoms with Gasteiger partial charge < -0.3 is 10.0 Å². The second-order valence-electron chi connectivity index (χ2n) is 5.75. The first-order valence-electron chi connectivity index (χ1n) is 7.51. The number of piperazine rings is 1. The second kappa shape index (κ2) is 6.83. The number of anilines is 1. The van der Waals surface area contributed by atoms with Crippen LogP contribution in [-0.4, -0.2) is 53.3 Å². The van der Waals surface area contributed by atoms with Crippen LogP contribution in [0.1, 0.15) is 26.0 Å².